The summed E-state index contributed by atoms with van der Waals surface area (Å²) in [6.07, 6.45) is 12.8. The zero-order chi connectivity index (χ0) is 14.4. The molecule has 3 nitrogen and oxygen atoms in total. The number of anilines is 1. The number of aryl methyl sites for hydroxylation is 2. The average Bonchev–Trinajstić information content (AvgIpc) is 2.75. The Kier molecular flexibility index (Phi) is 5.93. The van der Waals surface area contributed by atoms with Crippen LogP contribution in [0.1, 0.15) is 76.7 Å². The van der Waals surface area contributed by atoms with Gasteiger partial charge in [-0.1, -0.05) is 52.4 Å². The number of nitrogens with two attached hydrogens (primary N) is 1. The second-order valence-corrected chi connectivity index (χ2v) is 6.49. The molecule has 0 spiro atoms. The minimum absolute atomic E-state index is 0.741. The Bertz CT molecular complexity index is 409. The van der Waals surface area contributed by atoms with Crippen molar-refractivity contribution in [2.24, 2.45) is 5.92 Å². The van der Waals surface area contributed by atoms with E-state index in [0.29, 0.717) is 0 Å². The fourth-order valence-electron chi connectivity index (χ4n) is 3.17. The number of nitrogen functional groups attached to an aromatic ring is 1. The van der Waals surface area contributed by atoms with Gasteiger partial charge in [-0.05, 0) is 25.2 Å². The minimum atomic E-state index is 0.741. The summed E-state index contributed by atoms with van der Waals surface area (Å²) in [7, 11) is 0. The zero-order valence-corrected chi connectivity index (χ0v) is 13.3. The summed E-state index contributed by atoms with van der Waals surface area (Å²) in [5, 5.41) is 0. The summed E-state index contributed by atoms with van der Waals surface area (Å²) in [6, 6.07) is 0. The van der Waals surface area contributed by atoms with Gasteiger partial charge >= 0.3 is 0 Å². The second-order valence-electron chi connectivity index (χ2n) is 6.49. The Hall–Kier alpha value is -0.990. The highest BCUT2D eigenvalue weighted by molar-refractivity contribution is 5.39. The molecule has 2 rings (SSSR count). The van der Waals surface area contributed by atoms with Crippen molar-refractivity contribution in [1.29, 1.82) is 0 Å². The van der Waals surface area contributed by atoms with E-state index in [0.717, 1.165) is 36.8 Å². The van der Waals surface area contributed by atoms with Crippen molar-refractivity contribution in [2.45, 2.75) is 84.6 Å². The topological polar surface area (TPSA) is 43.8 Å². The van der Waals surface area contributed by atoms with E-state index in [1.54, 1.807) is 0 Å². The summed E-state index contributed by atoms with van der Waals surface area (Å²) in [5.74, 6) is 2.90. The lowest BCUT2D eigenvalue weighted by Gasteiger charge is -2.20. The van der Waals surface area contributed by atoms with Crippen LogP contribution in [0.25, 0.3) is 0 Å². The molecule has 0 amide bonds. The third kappa shape index (κ3) is 4.00. The molecule has 2 heterocycles. The van der Waals surface area contributed by atoms with Crippen molar-refractivity contribution in [1.82, 2.24) is 9.55 Å². The van der Waals surface area contributed by atoms with E-state index in [1.807, 2.05) is 0 Å². The van der Waals surface area contributed by atoms with E-state index < -0.39 is 0 Å². The van der Waals surface area contributed by atoms with Crippen LogP contribution in [-0.4, -0.2) is 9.55 Å². The quantitative estimate of drug-likeness (QED) is 0.718. The van der Waals surface area contributed by atoms with Gasteiger partial charge in [-0.15, -0.1) is 0 Å². The van der Waals surface area contributed by atoms with Gasteiger partial charge in [0, 0.05) is 13.0 Å². The molecule has 3 heteroatoms. The number of hydrogen-bond donors (Lipinski definition) is 1. The molecule has 1 unspecified atom stereocenters. The minimum Gasteiger partial charge on any atom is -0.384 e. The van der Waals surface area contributed by atoms with Crippen LogP contribution in [0.3, 0.4) is 0 Å². The van der Waals surface area contributed by atoms with Gasteiger partial charge in [-0.25, -0.2) is 4.98 Å². The van der Waals surface area contributed by atoms with E-state index in [4.69, 9.17) is 10.7 Å². The Labute approximate surface area is 124 Å². The highest BCUT2D eigenvalue weighted by Gasteiger charge is 2.20. The molecule has 2 N–H and O–H groups in total. The van der Waals surface area contributed by atoms with Gasteiger partial charge in [0.25, 0.3) is 0 Å². The zero-order valence-electron chi connectivity index (χ0n) is 13.3. The van der Waals surface area contributed by atoms with E-state index in [-0.39, 0.29) is 0 Å². The third-order valence-electron chi connectivity index (χ3n) is 4.53. The molecule has 1 aliphatic rings. The molecule has 0 saturated carbocycles. The number of hydrogen-bond acceptors (Lipinski definition) is 2. The SMILES string of the molecule is CCCCCCCCCc1nc2n(c1N)CC(C)CC2. The summed E-state index contributed by atoms with van der Waals surface area (Å²) >= 11 is 0. The molecule has 1 aromatic heterocycles. The first-order valence-corrected chi connectivity index (χ1v) is 8.56. The number of aromatic nitrogens is 2. The first kappa shape index (κ1) is 15.4. The van der Waals surface area contributed by atoms with Crippen molar-refractivity contribution in [3.63, 3.8) is 0 Å². The highest BCUT2D eigenvalue weighted by atomic mass is 15.1. The van der Waals surface area contributed by atoms with Crippen molar-refractivity contribution in [3.8, 4) is 0 Å². The average molecular weight is 277 g/mol. The predicted molar refractivity (Wildman–Crippen MR) is 85.8 cm³/mol. The molecular formula is C17H31N3. The molecule has 0 aliphatic carbocycles. The molecule has 20 heavy (non-hydrogen) atoms. The standard InChI is InChI=1S/C17H31N3/c1-3-4-5-6-7-8-9-10-15-17(18)20-13-14(2)11-12-16(20)19-15/h14H,3-13,18H2,1-2H3. The predicted octanol–water partition coefficient (Wildman–Crippen LogP) is 4.34. The molecular weight excluding hydrogens is 246 g/mol. The van der Waals surface area contributed by atoms with Crippen LogP contribution in [-0.2, 0) is 19.4 Å². The van der Waals surface area contributed by atoms with Gasteiger partial charge in [-0.2, -0.15) is 0 Å². The molecule has 0 aromatic carbocycles. The summed E-state index contributed by atoms with van der Waals surface area (Å²) in [4.78, 5) is 4.77. The third-order valence-corrected chi connectivity index (χ3v) is 4.53. The van der Waals surface area contributed by atoms with E-state index in [9.17, 15) is 0 Å². The van der Waals surface area contributed by atoms with Crippen LogP contribution in [0.2, 0.25) is 0 Å². The fourth-order valence-corrected chi connectivity index (χ4v) is 3.17. The van der Waals surface area contributed by atoms with Crippen LogP contribution in [0.5, 0.6) is 0 Å². The van der Waals surface area contributed by atoms with Crippen molar-refractivity contribution < 1.29 is 0 Å². The summed E-state index contributed by atoms with van der Waals surface area (Å²) in [6.45, 7) is 5.63. The van der Waals surface area contributed by atoms with E-state index in [1.165, 1.54) is 57.2 Å². The Morgan fingerprint density at radius 2 is 1.85 bits per heavy atom. The van der Waals surface area contributed by atoms with Crippen LogP contribution in [0, 0.1) is 5.92 Å². The maximum atomic E-state index is 6.27. The molecule has 0 saturated heterocycles. The van der Waals surface area contributed by atoms with Crippen LogP contribution in [0.15, 0.2) is 0 Å². The summed E-state index contributed by atoms with van der Waals surface area (Å²) < 4.78 is 2.25. The lowest BCUT2D eigenvalue weighted by atomic mass is 10.0. The fraction of sp³-hybridized carbons (Fsp3) is 0.824. The van der Waals surface area contributed by atoms with Crippen LogP contribution in [0.4, 0.5) is 5.82 Å². The van der Waals surface area contributed by atoms with E-state index in [2.05, 4.69) is 18.4 Å². The van der Waals surface area contributed by atoms with Gasteiger partial charge in [0.15, 0.2) is 0 Å². The van der Waals surface area contributed by atoms with Gasteiger partial charge in [0.05, 0.1) is 5.69 Å². The van der Waals surface area contributed by atoms with Crippen molar-refractivity contribution >= 4 is 5.82 Å². The monoisotopic (exact) mass is 277 g/mol. The maximum Gasteiger partial charge on any atom is 0.126 e. The number of nitrogens with zero attached hydrogens (tertiary/aromatic N) is 2. The van der Waals surface area contributed by atoms with Gasteiger partial charge < -0.3 is 10.3 Å². The number of imidazole rings is 1. The molecule has 114 valence electrons. The van der Waals surface area contributed by atoms with Gasteiger partial charge in [-0.3, -0.25) is 0 Å². The lowest BCUT2D eigenvalue weighted by molar-refractivity contribution is 0.397. The smallest absolute Gasteiger partial charge is 0.126 e. The first-order valence-electron chi connectivity index (χ1n) is 8.56. The van der Waals surface area contributed by atoms with Gasteiger partial charge in [0.1, 0.15) is 11.6 Å². The highest BCUT2D eigenvalue weighted by Crippen LogP contribution is 2.25. The Morgan fingerprint density at radius 1 is 1.15 bits per heavy atom. The Balaban J connectivity index is 1.74. The molecule has 1 aromatic rings. The largest absolute Gasteiger partial charge is 0.384 e. The normalized spacial score (nSPS) is 18.2. The molecule has 1 atom stereocenters. The molecule has 0 bridgehead atoms. The number of fused-ring (bicyclic) bond motifs is 1. The second kappa shape index (κ2) is 7.70. The molecule has 0 fully saturated rings. The van der Waals surface area contributed by atoms with Crippen LogP contribution < -0.4 is 5.73 Å². The number of rotatable bonds is 8. The van der Waals surface area contributed by atoms with E-state index >= 15 is 0 Å². The first-order chi connectivity index (χ1) is 9.72. The molecule has 0 radical (unpaired) electrons. The maximum absolute atomic E-state index is 6.27. The van der Waals surface area contributed by atoms with Crippen molar-refractivity contribution in [2.75, 3.05) is 5.73 Å². The molecule has 1 aliphatic heterocycles. The van der Waals surface area contributed by atoms with Crippen molar-refractivity contribution in [3.05, 3.63) is 11.5 Å². The Morgan fingerprint density at radius 3 is 2.60 bits per heavy atom. The van der Waals surface area contributed by atoms with Crippen LogP contribution >= 0.6 is 0 Å². The summed E-state index contributed by atoms with van der Waals surface area (Å²) in [5.41, 5.74) is 7.42. The lowest BCUT2D eigenvalue weighted by Crippen LogP contribution is -2.19. The van der Waals surface area contributed by atoms with Gasteiger partial charge in [0.2, 0.25) is 0 Å². The number of unbranched alkanes of at least 4 members (excludes halogenated alkanes) is 6.